The number of para-hydroxylation sites is 2. The van der Waals surface area contributed by atoms with E-state index in [1.54, 1.807) is 19.5 Å². The van der Waals surface area contributed by atoms with Crippen LogP contribution in [0.4, 0.5) is 5.95 Å². The summed E-state index contributed by atoms with van der Waals surface area (Å²) in [5, 5.41) is 2.90. The number of nitrogens with one attached hydrogen (secondary N) is 1. The molecule has 9 heteroatoms. The molecule has 0 bridgehead atoms. The Hall–Kier alpha value is -3.33. The van der Waals surface area contributed by atoms with Gasteiger partial charge in [-0.05, 0) is 50.1 Å². The van der Waals surface area contributed by atoms with Gasteiger partial charge in [0.1, 0.15) is 11.9 Å². The Morgan fingerprint density at radius 3 is 2.66 bits per heavy atom. The van der Waals surface area contributed by atoms with E-state index in [4.69, 9.17) is 14.2 Å². The van der Waals surface area contributed by atoms with Crippen LogP contribution >= 0.6 is 15.9 Å². The van der Waals surface area contributed by atoms with Crippen LogP contribution in [0.3, 0.4) is 0 Å². The van der Waals surface area contributed by atoms with E-state index in [1.165, 1.54) is 0 Å². The van der Waals surface area contributed by atoms with Gasteiger partial charge in [-0.1, -0.05) is 28.1 Å². The molecule has 184 valence electrons. The maximum atomic E-state index is 12.6. The van der Waals surface area contributed by atoms with E-state index in [0.29, 0.717) is 37.0 Å². The Balaban J connectivity index is 1.36. The van der Waals surface area contributed by atoms with Crippen molar-refractivity contribution in [1.82, 2.24) is 15.3 Å². The number of carbonyl (C=O) groups excluding carboxylic acids is 1. The van der Waals surface area contributed by atoms with Crippen LogP contribution < -0.4 is 24.4 Å². The first-order valence-electron chi connectivity index (χ1n) is 11.6. The lowest BCUT2D eigenvalue weighted by atomic mass is 10.1. The lowest BCUT2D eigenvalue weighted by molar-refractivity contribution is 0.0950. The summed E-state index contributed by atoms with van der Waals surface area (Å²) < 4.78 is 18.2. The van der Waals surface area contributed by atoms with Crippen LogP contribution in [-0.4, -0.2) is 48.8 Å². The molecule has 1 saturated heterocycles. The van der Waals surface area contributed by atoms with Gasteiger partial charge >= 0.3 is 0 Å². The molecule has 1 unspecified atom stereocenters. The number of halogens is 1. The van der Waals surface area contributed by atoms with E-state index >= 15 is 0 Å². The summed E-state index contributed by atoms with van der Waals surface area (Å²) in [6.45, 7) is 4.37. The third-order valence-electron chi connectivity index (χ3n) is 5.69. The molecule has 1 amide bonds. The molecule has 1 atom stereocenters. The van der Waals surface area contributed by atoms with Crippen LogP contribution in [-0.2, 0) is 6.54 Å². The number of ether oxygens (including phenoxy) is 3. The van der Waals surface area contributed by atoms with Crippen molar-refractivity contribution in [3.63, 3.8) is 0 Å². The van der Waals surface area contributed by atoms with Gasteiger partial charge in [-0.25, -0.2) is 9.97 Å². The molecule has 0 aliphatic carbocycles. The Bertz CT molecular complexity index is 1140. The molecule has 35 heavy (non-hydrogen) atoms. The zero-order chi connectivity index (χ0) is 24.6. The van der Waals surface area contributed by atoms with Crippen LogP contribution in [0.1, 0.15) is 35.7 Å². The van der Waals surface area contributed by atoms with E-state index in [0.717, 1.165) is 40.9 Å². The van der Waals surface area contributed by atoms with Crippen molar-refractivity contribution in [2.75, 3.05) is 31.7 Å². The fraction of sp³-hybridized carbons (Fsp3) is 0.346. The SMILES string of the molecule is CCOc1ccccc1OC1CCCN(c2ncc(C(=O)NCc3cc(Br)ccc3OC)cn2)C1. The predicted octanol–water partition coefficient (Wildman–Crippen LogP) is 4.62. The van der Waals surface area contributed by atoms with E-state index in [9.17, 15) is 4.79 Å². The normalized spacial score (nSPS) is 15.4. The minimum absolute atomic E-state index is 0.00268. The first kappa shape index (κ1) is 24.8. The third kappa shape index (κ3) is 6.42. The Morgan fingerprint density at radius 2 is 1.91 bits per heavy atom. The Kier molecular flexibility index (Phi) is 8.41. The molecule has 1 aliphatic rings. The van der Waals surface area contributed by atoms with Gasteiger partial charge in [-0.2, -0.15) is 0 Å². The number of hydrogen-bond acceptors (Lipinski definition) is 7. The predicted molar refractivity (Wildman–Crippen MR) is 137 cm³/mol. The number of methoxy groups -OCH3 is 1. The molecule has 1 N–H and O–H groups in total. The average molecular weight is 541 g/mol. The van der Waals surface area contributed by atoms with E-state index in [1.807, 2.05) is 49.4 Å². The summed E-state index contributed by atoms with van der Waals surface area (Å²) >= 11 is 3.45. The molecule has 2 heterocycles. The van der Waals surface area contributed by atoms with Gasteiger partial charge < -0.3 is 24.4 Å². The monoisotopic (exact) mass is 540 g/mol. The largest absolute Gasteiger partial charge is 0.496 e. The van der Waals surface area contributed by atoms with Gasteiger partial charge in [0.05, 0.1) is 25.8 Å². The minimum Gasteiger partial charge on any atom is -0.496 e. The van der Waals surface area contributed by atoms with Crippen molar-refractivity contribution in [3.8, 4) is 17.2 Å². The summed E-state index contributed by atoms with van der Waals surface area (Å²) in [5.74, 6) is 2.55. The fourth-order valence-electron chi connectivity index (χ4n) is 3.98. The number of aromatic nitrogens is 2. The molecule has 4 rings (SSSR count). The molecule has 3 aromatic rings. The zero-order valence-electron chi connectivity index (χ0n) is 19.9. The second kappa shape index (κ2) is 11.9. The first-order chi connectivity index (χ1) is 17.1. The first-order valence-corrected chi connectivity index (χ1v) is 12.4. The summed E-state index contributed by atoms with van der Waals surface area (Å²) in [7, 11) is 1.61. The highest BCUT2D eigenvalue weighted by atomic mass is 79.9. The number of carbonyl (C=O) groups is 1. The van der Waals surface area contributed by atoms with Crippen molar-refractivity contribution >= 4 is 27.8 Å². The topological polar surface area (TPSA) is 85.8 Å². The second-order valence-electron chi connectivity index (χ2n) is 8.12. The van der Waals surface area contributed by atoms with Gasteiger partial charge in [-0.15, -0.1) is 0 Å². The molecule has 1 fully saturated rings. The molecule has 1 aromatic heterocycles. The lowest BCUT2D eigenvalue weighted by Crippen LogP contribution is -2.42. The van der Waals surface area contributed by atoms with Crippen molar-refractivity contribution in [2.45, 2.75) is 32.4 Å². The Labute approximate surface area is 213 Å². The summed E-state index contributed by atoms with van der Waals surface area (Å²) in [4.78, 5) is 23.6. The molecule has 0 spiro atoms. The summed E-state index contributed by atoms with van der Waals surface area (Å²) in [5.41, 5.74) is 1.27. The van der Waals surface area contributed by atoms with Gasteiger partial charge in [0, 0.05) is 35.5 Å². The summed E-state index contributed by atoms with van der Waals surface area (Å²) in [6, 6.07) is 13.4. The van der Waals surface area contributed by atoms with Gasteiger partial charge in [-0.3, -0.25) is 4.79 Å². The van der Waals surface area contributed by atoms with Crippen molar-refractivity contribution < 1.29 is 19.0 Å². The molecule has 2 aromatic carbocycles. The van der Waals surface area contributed by atoms with Crippen LogP contribution in [0.2, 0.25) is 0 Å². The quantitative estimate of drug-likeness (QED) is 0.423. The van der Waals surface area contributed by atoms with Crippen molar-refractivity contribution in [2.24, 2.45) is 0 Å². The number of rotatable bonds is 9. The smallest absolute Gasteiger partial charge is 0.254 e. The maximum absolute atomic E-state index is 12.6. The third-order valence-corrected chi connectivity index (χ3v) is 6.18. The molecule has 0 radical (unpaired) electrons. The highest BCUT2D eigenvalue weighted by Gasteiger charge is 2.24. The van der Waals surface area contributed by atoms with Crippen molar-refractivity contribution in [1.29, 1.82) is 0 Å². The second-order valence-corrected chi connectivity index (χ2v) is 9.03. The highest BCUT2D eigenvalue weighted by Crippen LogP contribution is 2.29. The average Bonchev–Trinajstić information content (AvgIpc) is 2.89. The van der Waals surface area contributed by atoms with Crippen LogP contribution in [0.15, 0.2) is 59.3 Å². The molecule has 0 saturated carbocycles. The Morgan fingerprint density at radius 1 is 1.14 bits per heavy atom. The highest BCUT2D eigenvalue weighted by molar-refractivity contribution is 9.10. The number of piperidine rings is 1. The maximum Gasteiger partial charge on any atom is 0.254 e. The van der Waals surface area contributed by atoms with Gasteiger partial charge in [0.25, 0.3) is 5.91 Å². The van der Waals surface area contributed by atoms with Crippen LogP contribution in [0.5, 0.6) is 17.2 Å². The van der Waals surface area contributed by atoms with Gasteiger partial charge in [0.2, 0.25) is 5.95 Å². The summed E-state index contributed by atoms with van der Waals surface area (Å²) in [6.07, 6.45) is 5.02. The van der Waals surface area contributed by atoms with E-state index < -0.39 is 0 Å². The minimum atomic E-state index is -0.244. The molecular formula is C26H29BrN4O4. The van der Waals surface area contributed by atoms with E-state index in [-0.39, 0.29) is 12.0 Å². The molecular weight excluding hydrogens is 512 g/mol. The van der Waals surface area contributed by atoms with Gasteiger partial charge in [0.15, 0.2) is 11.5 Å². The number of amides is 1. The lowest BCUT2D eigenvalue weighted by Gasteiger charge is -2.33. The molecule has 1 aliphatic heterocycles. The number of hydrogen-bond donors (Lipinski definition) is 1. The standard InChI is InChI=1S/C26H29BrN4O4/c1-3-34-23-8-4-5-9-24(23)35-21-7-6-12-31(17-21)26-29-15-19(16-30-26)25(32)28-14-18-13-20(27)10-11-22(18)33-2/h4-5,8-11,13,15-16,21H,3,6-7,12,14,17H2,1-2H3,(H,28,32). The van der Waals surface area contributed by atoms with Crippen molar-refractivity contribution in [3.05, 3.63) is 70.5 Å². The van der Waals surface area contributed by atoms with E-state index in [2.05, 4.69) is 36.1 Å². The fourth-order valence-corrected chi connectivity index (χ4v) is 4.39. The number of benzene rings is 2. The van der Waals surface area contributed by atoms with Crippen LogP contribution in [0.25, 0.3) is 0 Å². The van der Waals surface area contributed by atoms with Crippen LogP contribution in [0, 0.1) is 0 Å². The molecule has 8 nitrogen and oxygen atoms in total. The zero-order valence-corrected chi connectivity index (χ0v) is 21.5. The number of nitrogens with zero attached hydrogens (tertiary/aromatic N) is 3. The number of anilines is 1.